The van der Waals surface area contributed by atoms with E-state index in [2.05, 4.69) is 15.5 Å². The summed E-state index contributed by atoms with van der Waals surface area (Å²) in [7, 11) is 3.22. The quantitative estimate of drug-likeness (QED) is 0.284. The van der Waals surface area contributed by atoms with E-state index in [1.54, 1.807) is 38.5 Å². The Labute approximate surface area is 214 Å². The second-order valence-electron chi connectivity index (χ2n) is 7.93. The number of ether oxygens (including phenoxy) is 3. The Balaban J connectivity index is 1.55. The van der Waals surface area contributed by atoms with E-state index >= 15 is 0 Å². The molecule has 1 N–H and O–H groups in total. The number of hydrogen-bond acceptors (Lipinski definition) is 7. The molecule has 3 aromatic carbocycles. The maximum Gasteiger partial charge on any atom is 0.237 e. The summed E-state index contributed by atoms with van der Waals surface area (Å²) in [5.41, 5.74) is 1.57. The highest BCUT2D eigenvalue weighted by Gasteiger charge is 2.24. The van der Waals surface area contributed by atoms with Gasteiger partial charge in [0.2, 0.25) is 5.91 Å². The van der Waals surface area contributed by atoms with Gasteiger partial charge in [-0.15, -0.1) is 10.2 Å². The second-order valence-corrected chi connectivity index (χ2v) is 9.24. The SMILES string of the molecule is COc1ccc(NC(=O)C(C)Sc2nnc(C(C)Oc3cccc(OC)c3)n2-c2ccccc2)cc1. The van der Waals surface area contributed by atoms with Crippen molar-refractivity contribution in [3.63, 3.8) is 0 Å². The van der Waals surface area contributed by atoms with Gasteiger partial charge in [-0.3, -0.25) is 9.36 Å². The Morgan fingerprint density at radius 3 is 2.25 bits per heavy atom. The van der Waals surface area contributed by atoms with Gasteiger partial charge in [-0.2, -0.15) is 0 Å². The summed E-state index contributed by atoms with van der Waals surface area (Å²) in [6.07, 6.45) is -0.414. The van der Waals surface area contributed by atoms with E-state index in [0.717, 1.165) is 11.4 Å². The number of benzene rings is 3. The van der Waals surface area contributed by atoms with E-state index in [1.165, 1.54) is 11.8 Å². The zero-order valence-corrected chi connectivity index (χ0v) is 21.4. The molecule has 2 atom stereocenters. The largest absolute Gasteiger partial charge is 0.497 e. The minimum absolute atomic E-state index is 0.144. The number of carbonyl (C=O) groups excluding carboxylic acids is 1. The van der Waals surface area contributed by atoms with Crippen LogP contribution in [0.15, 0.2) is 84.0 Å². The zero-order chi connectivity index (χ0) is 25.5. The molecule has 4 aromatic rings. The van der Waals surface area contributed by atoms with E-state index in [9.17, 15) is 4.79 Å². The molecule has 0 bridgehead atoms. The van der Waals surface area contributed by atoms with Crippen molar-refractivity contribution in [2.24, 2.45) is 0 Å². The summed E-state index contributed by atoms with van der Waals surface area (Å²) in [5, 5.41) is 12.0. The molecule has 0 aliphatic rings. The van der Waals surface area contributed by atoms with E-state index in [0.29, 0.717) is 28.2 Å². The van der Waals surface area contributed by atoms with Crippen molar-refractivity contribution in [2.75, 3.05) is 19.5 Å². The Morgan fingerprint density at radius 2 is 1.56 bits per heavy atom. The Morgan fingerprint density at radius 1 is 0.861 bits per heavy atom. The van der Waals surface area contributed by atoms with Crippen LogP contribution in [-0.2, 0) is 4.79 Å². The van der Waals surface area contributed by atoms with Crippen LogP contribution < -0.4 is 19.5 Å². The van der Waals surface area contributed by atoms with Crippen molar-refractivity contribution in [2.45, 2.75) is 30.4 Å². The van der Waals surface area contributed by atoms with Crippen molar-refractivity contribution >= 4 is 23.4 Å². The number of thioether (sulfide) groups is 1. The average molecular weight is 505 g/mol. The first-order valence-electron chi connectivity index (χ1n) is 11.4. The second kappa shape index (κ2) is 11.6. The summed E-state index contributed by atoms with van der Waals surface area (Å²) in [5.74, 6) is 2.57. The number of carbonyl (C=O) groups is 1. The van der Waals surface area contributed by atoms with Gasteiger partial charge in [-0.1, -0.05) is 36.0 Å². The van der Waals surface area contributed by atoms with Crippen LogP contribution in [0.2, 0.25) is 0 Å². The number of nitrogens with zero attached hydrogens (tertiary/aromatic N) is 3. The number of anilines is 1. The van der Waals surface area contributed by atoms with E-state index in [-0.39, 0.29) is 5.91 Å². The highest BCUT2D eigenvalue weighted by molar-refractivity contribution is 8.00. The van der Waals surface area contributed by atoms with Crippen LogP contribution in [-0.4, -0.2) is 40.1 Å². The van der Waals surface area contributed by atoms with Gasteiger partial charge in [0, 0.05) is 17.4 Å². The lowest BCUT2D eigenvalue weighted by Crippen LogP contribution is -2.23. The average Bonchev–Trinajstić information content (AvgIpc) is 3.33. The molecule has 0 radical (unpaired) electrons. The lowest BCUT2D eigenvalue weighted by Gasteiger charge is -2.18. The summed E-state index contributed by atoms with van der Waals surface area (Å²) >= 11 is 1.33. The van der Waals surface area contributed by atoms with Crippen LogP contribution in [0.3, 0.4) is 0 Å². The van der Waals surface area contributed by atoms with Crippen LogP contribution in [0.4, 0.5) is 5.69 Å². The number of methoxy groups -OCH3 is 2. The minimum Gasteiger partial charge on any atom is -0.497 e. The number of rotatable bonds is 10. The van der Waals surface area contributed by atoms with Gasteiger partial charge in [-0.25, -0.2) is 0 Å². The third-order valence-electron chi connectivity index (χ3n) is 5.40. The normalized spacial score (nSPS) is 12.4. The number of para-hydroxylation sites is 1. The van der Waals surface area contributed by atoms with Gasteiger partial charge in [0.25, 0.3) is 0 Å². The molecule has 0 fully saturated rings. The highest BCUT2D eigenvalue weighted by Crippen LogP contribution is 2.31. The molecule has 0 saturated carbocycles. The Kier molecular flexibility index (Phi) is 8.12. The van der Waals surface area contributed by atoms with Crippen LogP contribution in [0.1, 0.15) is 25.8 Å². The smallest absolute Gasteiger partial charge is 0.237 e. The monoisotopic (exact) mass is 504 g/mol. The predicted octanol–water partition coefficient (Wildman–Crippen LogP) is 5.54. The summed E-state index contributed by atoms with van der Waals surface area (Å²) in [6, 6.07) is 24.4. The third-order valence-corrected chi connectivity index (χ3v) is 6.44. The molecular formula is C27H28N4O4S. The first kappa shape index (κ1) is 25.1. The highest BCUT2D eigenvalue weighted by atomic mass is 32.2. The lowest BCUT2D eigenvalue weighted by atomic mass is 10.3. The van der Waals surface area contributed by atoms with E-state index in [1.807, 2.05) is 73.0 Å². The minimum atomic E-state index is -0.429. The molecule has 1 aromatic heterocycles. The maximum atomic E-state index is 12.9. The standard InChI is InChI=1S/C27H28N4O4S/c1-18(35-24-12-8-11-23(17-24)34-4)25-29-30-27(31(25)21-9-6-5-7-10-21)36-19(2)26(32)28-20-13-15-22(33-3)16-14-20/h5-19H,1-4H3,(H,28,32). The fourth-order valence-corrected chi connectivity index (χ4v) is 4.38. The topological polar surface area (TPSA) is 87.5 Å². The molecule has 186 valence electrons. The van der Waals surface area contributed by atoms with Gasteiger partial charge in [-0.05, 0) is 62.4 Å². The Bertz CT molecular complexity index is 1290. The third kappa shape index (κ3) is 5.98. The van der Waals surface area contributed by atoms with E-state index in [4.69, 9.17) is 14.2 Å². The number of hydrogen-bond donors (Lipinski definition) is 1. The summed E-state index contributed by atoms with van der Waals surface area (Å²) < 4.78 is 18.6. The van der Waals surface area contributed by atoms with Crippen molar-refractivity contribution in [3.05, 3.63) is 84.7 Å². The fourth-order valence-electron chi connectivity index (χ4n) is 3.50. The van der Waals surface area contributed by atoms with Crippen LogP contribution in [0.25, 0.3) is 5.69 Å². The first-order chi connectivity index (χ1) is 17.5. The molecule has 36 heavy (non-hydrogen) atoms. The maximum absolute atomic E-state index is 12.9. The van der Waals surface area contributed by atoms with Crippen molar-refractivity contribution < 1.29 is 19.0 Å². The lowest BCUT2D eigenvalue weighted by molar-refractivity contribution is -0.115. The number of aromatic nitrogens is 3. The molecule has 9 heteroatoms. The molecular weight excluding hydrogens is 476 g/mol. The van der Waals surface area contributed by atoms with Gasteiger partial charge >= 0.3 is 0 Å². The molecule has 0 aliphatic heterocycles. The van der Waals surface area contributed by atoms with Crippen LogP contribution >= 0.6 is 11.8 Å². The molecule has 2 unspecified atom stereocenters. The van der Waals surface area contributed by atoms with E-state index < -0.39 is 11.4 Å². The van der Waals surface area contributed by atoms with Crippen LogP contribution in [0, 0.1) is 0 Å². The van der Waals surface area contributed by atoms with Crippen molar-refractivity contribution in [3.8, 4) is 22.9 Å². The zero-order valence-electron chi connectivity index (χ0n) is 20.5. The molecule has 0 saturated heterocycles. The predicted molar refractivity (Wildman–Crippen MR) is 140 cm³/mol. The summed E-state index contributed by atoms with van der Waals surface area (Å²) in [4.78, 5) is 12.9. The van der Waals surface area contributed by atoms with Crippen LogP contribution in [0.5, 0.6) is 17.2 Å². The van der Waals surface area contributed by atoms with Crippen molar-refractivity contribution in [1.82, 2.24) is 14.8 Å². The molecule has 0 aliphatic carbocycles. The first-order valence-corrected chi connectivity index (χ1v) is 12.3. The Hall–Kier alpha value is -3.98. The molecule has 1 amide bonds. The number of amides is 1. The molecule has 8 nitrogen and oxygen atoms in total. The summed E-state index contributed by atoms with van der Waals surface area (Å²) in [6.45, 7) is 3.75. The van der Waals surface area contributed by atoms with Gasteiger partial charge in [0.15, 0.2) is 17.1 Å². The fraction of sp³-hybridized carbons (Fsp3) is 0.222. The molecule has 0 spiro atoms. The van der Waals surface area contributed by atoms with Crippen molar-refractivity contribution in [1.29, 1.82) is 0 Å². The number of nitrogens with one attached hydrogen (secondary N) is 1. The van der Waals surface area contributed by atoms with Gasteiger partial charge in [0.1, 0.15) is 17.2 Å². The molecule has 1 heterocycles. The van der Waals surface area contributed by atoms with Gasteiger partial charge < -0.3 is 19.5 Å². The van der Waals surface area contributed by atoms with Gasteiger partial charge in [0.05, 0.1) is 19.5 Å². The molecule has 4 rings (SSSR count).